The van der Waals surface area contributed by atoms with Crippen LogP contribution < -0.4 is 10.6 Å². The minimum atomic E-state index is -0.671. The highest BCUT2D eigenvalue weighted by molar-refractivity contribution is 5.73. The molecule has 0 aromatic heterocycles. The number of aliphatic hydroxyl groups is 1. The van der Waals surface area contributed by atoms with Gasteiger partial charge in [0.25, 0.3) is 0 Å². The van der Waals surface area contributed by atoms with E-state index < -0.39 is 5.60 Å². The Balaban J connectivity index is 1.60. The summed E-state index contributed by atoms with van der Waals surface area (Å²) in [6, 6.07) is 1.09. The molecule has 2 aliphatic rings. The lowest BCUT2D eigenvalue weighted by molar-refractivity contribution is 0.0501. The fraction of sp³-hybridized carbons (Fsp3) is 0.933. The first kappa shape index (κ1) is 15.6. The van der Waals surface area contributed by atoms with E-state index in [2.05, 4.69) is 29.4 Å². The summed E-state index contributed by atoms with van der Waals surface area (Å²) in [6.45, 7) is 6.34. The van der Waals surface area contributed by atoms with Gasteiger partial charge in [0.2, 0.25) is 0 Å². The van der Waals surface area contributed by atoms with Gasteiger partial charge in [-0.2, -0.15) is 0 Å². The molecule has 0 aromatic rings. The summed E-state index contributed by atoms with van der Waals surface area (Å²) in [6.07, 6.45) is 6.30. The van der Waals surface area contributed by atoms with E-state index in [0.29, 0.717) is 19.1 Å². The van der Waals surface area contributed by atoms with Crippen LogP contribution in [-0.2, 0) is 0 Å². The first-order valence-corrected chi connectivity index (χ1v) is 8.00. The third kappa shape index (κ3) is 4.63. The Bertz CT molecular complexity index is 321. The lowest BCUT2D eigenvalue weighted by Crippen LogP contribution is -2.47. The van der Waals surface area contributed by atoms with Crippen molar-refractivity contribution in [2.24, 2.45) is 0 Å². The predicted molar refractivity (Wildman–Crippen MR) is 79.7 cm³/mol. The van der Waals surface area contributed by atoms with Crippen molar-refractivity contribution in [3.63, 3.8) is 0 Å². The van der Waals surface area contributed by atoms with Crippen molar-refractivity contribution in [2.45, 2.75) is 70.1 Å². The minimum Gasteiger partial charge on any atom is -0.388 e. The van der Waals surface area contributed by atoms with Gasteiger partial charge < -0.3 is 15.7 Å². The molecule has 5 nitrogen and oxygen atoms in total. The highest BCUT2D eigenvalue weighted by atomic mass is 16.3. The van der Waals surface area contributed by atoms with Gasteiger partial charge in [-0.05, 0) is 39.5 Å². The van der Waals surface area contributed by atoms with Crippen LogP contribution in [0.15, 0.2) is 0 Å². The van der Waals surface area contributed by atoms with Gasteiger partial charge in [0.15, 0.2) is 0 Å². The van der Waals surface area contributed by atoms with Gasteiger partial charge in [-0.3, -0.25) is 4.90 Å². The van der Waals surface area contributed by atoms with E-state index >= 15 is 0 Å². The second-order valence-corrected chi connectivity index (χ2v) is 6.60. The fourth-order valence-corrected chi connectivity index (χ4v) is 3.08. The lowest BCUT2D eigenvalue weighted by Gasteiger charge is -2.26. The van der Waals surface area contributed by atoms with E-state index in [1.54, 1.807) is 0 Å². The van der Waals surface area contributed by atoms with Gasteiger partial charge >= 0.3 is 6.03 Å². The summed E-state index contributed by atoms with van der Waals surface area (Å²) in [5.74, 6) is 0. The Morgan fingerprint density at radius 3 is 2.50 bits per heavy atom. The molecule has 2 fully saturated rings. The summed E-state index contributed by atoms with van der Waals surface area (Å²) in [5, 5.41) is 15.8. The van der Waals surface area contributed by atoms with E-state index in [-0.39, 0.29) is 6.03 Å². The Kier molecular flexibility index (Phi) is 5.27. The number of rotatable bonds is 7. The zero-order chi connectivity index (χ0) is 14.6. The molecule has 20 heavy (non-hydrogen) atoms. The number of amides is 2. The Morgan fingerprint density at radius 2 is 1.95 bits per heavy atom. The largest absolute Gasteiger partial charge is 0.388 e. The molecule has 2 saturated carbocycles. The second kappa shape index (κ2) is 6.76. The first-order valence-electron chi connectivity index (χ1n) is 8.00. The molecule has 0 spiro atoms. The van der Waals surface area contributed by atoms with Crippen LogP contribution in [0.25, 0.3) is 0 Å². The molecule has 0 aliphatic heterocycles. The number of nitrogens with one attached hydrogen (secondary N) is 2. The van der Waals surface area contributed by atoms with Crippen LogP contribution in [-0.4, -0.2) is 53.4 Å². The Labute approximate surface area is 122 Å². The van der Waals surface area contributed by atoms with Gasteiger partial charge in [-0.25, -0.2) is 4.79 Å². The molecule has 2 amide bonds. The molecule has 3 N–H and O–H groups in total. The number of nitrogens with zero attached hydrogens (tertiary/aromatic N) is 1. The van der Waals surface area contributed by atoms with Crippen LogP contribution in [0.2, 0.25) is 0 Å². The average Bonchev–Trinajstić information content (AvgIpc) is 3.14. The summed E-state index contributed by atoms with van der Waals surface area (Å²) in [7, 11) is 0. The van der Waals surface area contributed by atoms with E-state index in [1.165, 1.54) is 12.8 Å². The maximum absolute atomic E-state index is 11.7. The van der Waals surface area contributed by atoms with Crippen LogP contribution in [0.3, 0.4) is 0 Å². The maximum Gasteiger partial charge on any atom is 0.314 e. The molecule has 0 heterocycles. The van der Waals surface area contributed by atoms with Gasteiger partial charge in [-0.15, -0.1) is 0 Å². The smallest absolute Gasteiger partial charge is 0.314 e. The zero-order valence-corrected chi connectivity index (χ0v) is 12.8. The van der Waals surface area contributed by atoms with Crippen molar-refractivity contribution in [1.29, 1.82) is 0 Å². The number of hydrogen-bond donors (Lipinski definition) is 3. The second-order valence-electron chi connectivity index (χ2n) is 6.60. The molecule has 0 bridgehead atoms. The molecule has 2 aliphatic carbocycles. The minimum absolute atomic E-state index is 0.162. The zero-order valence-electron chi connectivity index (χ0n) is 12.8. The van der Waals surface area contributed by atoms with E-state index in [1.807, 2.05) is 0 Å². The molecule has 0 saturated heterocycles. The Morgan fingerprint density at radius 1 is 1.30 bits per heavy atom. The van der Waals surface area contributed by atoms with Gasteiger partial charge in [0.05, 0.1) is 5.60 Å². The van der Waals surface area contributed by atoms with Crippen molar-refractivity contribution in [3.8, 4) is 0 Å². The molecule has 2 rings (SSSR count). The van der Waals surface area contributed by atoms with Crippen molar-refractivity contribution in [1.82, 2.24) is 15.5 Å². The van der Waals surface area contributed by atoms with E-state index in [4.69, 9.17) is 0 Å². The summed E-state index contributed by atoms with van der Waals surface area (Å²) < 4.78 is 0. The van der Waals surface area contributed by atoms with Crippen molar-refractivity contribution in [2.75, 3.05) is 19.6 Å². The quantitative estimate of drug-likeness (QED) is 0.663. The molecular weight excluding hydrogens is 254 g/mol. The van der Waals surface area contributed by atoms with Crippen LogP contribution in [0, 0.1) is 0 Å². The molecule has 0 aromatic carbocycles. The van der Waals surface area contributed by atoms with Gasteiger partial charge in [0.1, 0.15) is 0 Å². The number of urea groups is 1. The molecule has 0 unspecified atom stereocenters. The van der Waals surface area contributed by atoms with Crippen LogP contribution >= 0.6 is 0 Å². The summed E-state index contributed by atoms with van der Waals surface area (Å²) in [4.78, 5) is 14.2. The van der Waals surface area contributed by atoms with Crippen LogP contribution in [0.5, 0.6) is 0 Å². The third-order valence-corrected chi connectivity index (χ3v) is 4.45. The molecule has 5 heteroatoms. The SMILES string of the molecule is CC(C)N(CCNC(=O)NCC1(O)CCCC1)C1CC1. The van der Waals surface area contributed by atoms with Crippen molar-refractivity contribution < 1.29 is 9.90 Å². The topological polar surface area (TPSA) is 64.6 Å². The van der Waals surface area contributed by atoms with Gasteiger partial charge in [-0.1, -0.05) is 12.8 Å². The lowest BCUT2D eigenvalue weighted by atomic mass is 10.0. The first-order chi connectivity index (χ1) is 9.50. The normalized spacial score (nSPS) is 21.4. The standard InChI is InChI=1S/C15H29N3O2/c1-12(2)18(13-5-6-13)10-9-16-14(19)17-11-15(20)7-3-4-8-15/h12-13,20H,3-11H2,1-2H3,(H2,16,17,19). The van der Waals surface area contributed by atoms with Crippen molar-refractivity contribution in [3.05, 3.63) is 0 Å². The number of carbonyl (C=O) groups is 1. The van der Waals surface area contributed by atoms with Crippen LogP contribution in [0.1, 0.15) is 52.4 Å². The fourth-order valence-electron chi connectivity index (χ4n) is 3.08. The number of carbonyl (C=O) groups excluding carboxylic acids is 1. The van der Waals surface area contributed by atoms with Crippen molar-refractivity contribution >= 4 is 6.03 Å². The highest BCUT2D eigenvalue weighted by Crippen LogP contribution is 2.29. The molecule has 0 radical (unpaired) electrons. The molecular formula is C15H29N3O2. The predicted octanol–water partition coefficient (Wildman–Crippen LogP) is 1.46. The van der Waals surface area contributed by atoms with E-state index in [0.717, 1.165) is 38.3 Å². The monoisotopic (exact) mass is 283 g/mol. The summed E-state index contributed by atoms with van der Waals surface area (Å²) in [5.41, 5.74) is -0.671. The summed E-state index contributed by atoms with van der Waals surface area (Å²) >= 11 is 0. The average molecular weight is 283 g/mol. The molecule has 0 atom stereocenters. The molecule has 116 valence electrons. The number of hydrogen-bond acceptors (Lipinski definition) is 3. The highest BCUT2D eigenvalue weighted by Gasteiger charge is 2.32. The van der Waals surface area contributed by atoms with Crippen LogP contribution in [0.4, 0.5) is 4.79 Å². The van der Waals surface area contributed by atoms with E-state index in [9.17, 15) is 9.90 Å². The third-order valence-electron chi connectivity index (χ3n) is 4.45. The maximum atomic E-state index is 11.7. The Hall–Kier alpha value is -0.810. The van der Waals surface area contributed by atoms with Gasteiger partial charge in [0, 0.05) is 31.7 Å².